The van der Waals surface area contributed by atoms with Gasteiger partial charge in [-0.2, -0.15) is 0 Å². The molecule has 0 bridgehead atoms. The van der Waals surface area contributed by atoms with Gasteiger partial charge in [0.2, 0.25) is 0 Å². The second-order valence-electron chi connectivity index (χ2n) is 5.89. The molecule has 0 unspecified atom stereocenters. The van der Waals surface area contributed by atoms with Crippen molar-refractivity contribution in [2.75, 3.05) is 20.1 Å². The van der Waals surface area contributed by atoms with E-state index in [4.69, 9.17) is 0 Å². The van der Waals surface area contributed by atoms with Crippen LogP contribution in [0.1, 0.15) is 39.1 Å². The number of H-pyrrole nitrogens is 1. The highest BCUT2D eigenvalue weighted by Gasteiger charge is 2.23. The average molecular weight is 311 g/mol. The molecule has 3 rings (SSSR count). The molecule has 0 radical (unpaired) electrons. The van der Waals surface area contributed by atoms with Gasteiger partial charge in [-0.25, -0.2) is 0 Å². The van der Waals surface area contributed by atoms with Gasteiger partial charge in [-0.1, -0.05) is 12.1 Å². The van der Waals surface area contributed by atoms with Gasteiger partial charge in [0.15, 0.2) is 5.78 Å². The van der Waals surface area contributed by atoms with E-state index >= 15 is 0 Å². The third-order valence-corrected chi connectivity index (χ3v) is 4.37. The first-order valence-corrected chi connectivity index (χ1v) is 7.93. The minimum Gasteiger partial charge on any atom is -0.367 e. The van der Waals surface area contributed by atoms with Crippen LogP contribution in [0.5, 0.6) is 0 Å². The van der Waals surface area contributed by atoms with Crippen LogP contribution < -0.4 is 5.32 Å². The van der Waals surface area contributed by atoms with Gasteiger partial charge in [0.25, 0.3) is 5.91 Å². The first-order chi connectivity index (χ1) is 11.2. The van der Waals surface area contributed by atoms with Crippen LogP contribution in [-0.4, -0.2) is 47.8 Å². The lowest BCUT2D eigenvalue weighted by Crippen LogP contribution is -2.46. The average Bonchev–Trinajstić information content (AvgIpc) is 3.15. The molecule has 1 aliphatic heterocycles. The summed E-state index contributed by atoms with van der Waals surface area (Å²) in [4.78, 5) is 29.6. The van der Waals surface area contributed by atoms with Crippen molar-refractivity contribution in [3.8, 4) is 0 Å². The number of hydrogen-bond acceptors (Lipinski definition) is 3. The Bertz CT molecular complexity index is 677. The normalized spacial score (nSPS) is 18.0. The van der Waals surface area contributed by atoms with Crippen LogP contribution in [0, 0.1) is 0 Å². The lowest BCUT2D eigenvalue weighted by Gasteiger charge is -2.32. The fourth-order valence-corrected chi connectivity index (χ4v) is 2.98. The van der Waals surface area contributed by atoms with E-state index in [1.165, 1.54) is 0 Å². The van der Waals surface area contributed by atoms with Crippen molar-refractivity contribution in [1.82, 2.24) is 15.2 Å². The summed E-state index contributed by atoms with van der Waals surface area (Å²) in [5.74, 6) is -0.0101. The second-order valence-corrected chi connectivity index (χ2v) is 5.89. The SMILES string of the molecule is CN[C@@H]1CCCN(C(=O)c2ccc(C(=O)c3cc[nH]c3)cc2)C1. The Balaban J connectivity index is 1.71. The first-order valence-electron chi connectivity index (χ1n) is 7.93. The summed E-state index contributed by atoms with van der Waals surface area (Å²) in [5.41, 5.74) is 1.84. The van der Waals surface area contributed by atoms with E-state index in [-0.39, 0.29) is 11.7 Å². The molecule has 120 valence electrons. The number of likely N-dealkylation sites (tertiary alicyclic amines) is 1. The Morgan fingerprint density at radius 3 is 2.52 bits per heavy atom. The summed E-state index contributed by atoms with van der Waals surface area (Å²) in [7, 11) is 1.93. The molecular weight excluding hydrogens is 290 g/mol. The lowest BCUT2D eigenvalue weighted by atomic mass is 10.0. The number of hydrogen-bond donors (Lipinski definition) is 2. The highest BCUT2D eigenvalue weighted by Crippen LogP contribution is 2.16. The van der Waals surface area contributed by atoms with Crippen LogP contribution in [0.25, 0.3) is 0 Å². The van der Waals surface area contributed by atoms with E-state index in [2.05, 4.69) is 10.3 Å². The van der Waals surface area contributed by atoms with Gasteiger partial charge in [-0.3, -0.25) is 9.59 Å². The highest BCUT2D eigenvalue weighted by atomic mass is 16.2. The van der Waals surface area contributed by atoms with Gasteiger partial charge < -0.3 is 15.2 Å². The van der Waals surface area contributed by atoms with Gasteiger partial charge >= 0.3 is 0 Å². The predicted octanol–water partition coefficient (Wildman–Crippen LogP) is 2.07. The smallest absolute Gasteiger partial charge is 0.253 e. The maximum atomic E-state index is 12.6. The highest BCUT2D eigenvalue weighted by molar-refractivity contribution is 6.09. The van der Waals surface area contributed by atoms with Crippen LogP contribution in [0.2, 0.25) is 0 Å². The number of likely N-dealkylation sites (N-methyl/N-ethyl adjacent to an activating group) is 1. The number of piperidine rings is 1. The molecule has 1 saturated heterocycles. The fourth-order valence-electron chi connectivity index (χ4n) is 2.98. The Labute approximate surface area is 135 Å². The summed E-state index contributed by atoms with van der Waals surface area (Å²) < 4.78 is 0. The zero-order chi connectivity index (χ0) is 16.2. The zero-order valence-electron chi connectivity index (χ0n) is 13.2. The zero-order valence-corrected chi connectivity index (χ0v) is 13.2. The van der Waals surface area contributed by atoms with Crippen LogP contribution in [0.3, 0.4) is 0 Å². The molecule has 0 aliphatic carbocycles. The quantitative estimate of drug-likeness (QED) is 0.850. The molecular formula is C18H21N3O2. The maximum Gasteiger partial charge on any atom is 0.253 e. The minimum absolute atomic E-state index is 0.0330. The molecule has 2 N–H and O–H groups in total. The first kappa shape index (κ1) is 15.5. The number of nitrogens with one attached hydrogen (secondary N) is 2. The van der Waals surface area contributed by atoms with Crippen molar-refractivity contribution in [1.29, 1.82) is 0 Å². The molecule has 23 heavy (non-hydrogen) atoms. The van der Waals surface area contributed by atoms with E-state index in [0.29, 0.717) is 22.7 Å². The number of carbonyl (C=O) groups excluding carboxylic acids is 2. The van der Waals surface area contributed by atoms with E-state index < -0.39 is 0 Å². The van der Waals surface area contributed by atoms with Gasteiger partial charge in [-0.05, 0) is 38.1 Å². The van der Waals surface area contributed by atoms with Crippen molar-refractivity contribution >= 4 is 11.7 Å². The van der Waals surface area contributed by atoms with Gasteiger partial charge in [-0.15, -0.1) is 0 Å². The van der Waals surface area contributed by atoms with E-state index in [1.54, 1.807) is 42.7 Å². The molecule has 1 aromatic carbocycles. The molecule has 2 heterocycles. The van der Waals surface area contributed by atoms with Crippen LogP contribution in [-0.2, 0) is 0 Å². The second kappa shape index (κ2) is 6.79. The largest absolute Gasteiger partial charge is 0.367 e. The molecule has 1 aliphatic rings. The van der Waals surface area contributed by atoms with Crippen LogP contribution in [0.4, 0.5) is 0 Å². The molecule has 0 spiro atoms. The van der Waals surface area contributed by atoms with Gasteiger partial charge in [0.05, 0.1) is 0 Å². The van der Waals surface area contributed by atoms with Crippen LogP contribution in [0.15, 0.2) is 42.7 Å². The number of ketones is 1. The number of carbonyl (C=O) groups is 2. The van der Waals surface area contributed by atoms with Crippen molar-refractivity contribution in [2.24, 2.45) is 0 Å². The third-order valence-electron chi connectivity index (χ3n) is 4.37. The van der Waals surface area contributed by atoms with E-state index in [9.17, 15) is 9.59 Å². The Morgan fingerprint density at radius 2 is 1.87 bits per heavy atom. The minimum atomic E-state index is -0.0431. The monoisotopic (exact) mass is 311 g/mol. The molecule has 1 fully saturated rings. The number of rotatable bonds is 4. The molecule has 0 saturated carbocycles. The Morgan fingerprint density at radius 1 is 1.13 bits per heavy atom. The number of amides is 1. The number of aromatic nitrogens is 1. The van der Waals surface area contributed by atoms with Gasteiger partial charge in [0, 0.05) is 48.2 Å². The number of nitrogens with zero attached hydrogens (tertiary/aromatic N) is 1. The van der Waals surface area contributed by atoms with Crippen molar-refractivity contribution in [3.05, 3.63) is 59.4 Å². The molecule has 1 atom stereocenters. The summed E-state index contributed by atoms with van der Waals surface area (Å²) in [6, 6.07) is 9.04. The standard InChI is InChI=1S/C18H21N3O2/c1-19-16-3-2-10-21(12-16)18(23)14-6-4-13(5-7-14)17(22)15-8-9-20-11-15/h4-9,11,16,19-20H,2-3,10,12H2,1H3/t16-/m1/s1. The topological polar surface area (TPSA) is 65.2 Å². The Hall–Kier alpha value is -2.40. The number of aromatic amines is 1. The molecule has 5 nitrogen and oxygen atoms in total. The van der Waals surface area contributed by atoms with Crippen molar-refractivity contribution in [3.63, 3.8) is 0 Å². The maximum absolute atomic E-state index is 12.6. The summed E-state index contributed by atoms with van der Waals surface area (Å²) in [6.45, 7) is 1.53. The van der Waals surface area contributed by atoms with Crippen LogP contribution >= 0.6 is 0 Å². The van der Waals surface area contributed by atoms with E-state index in [0.717, 1.165) is 25.9 Å². The van der Waals surface area contributed by atoms with Crippen molar-refractivity contribution < 1.29 is 9.59 Å². The molecule has 2 aromatic rings. The fraction of sp³-hybridized carbons (Fsp3) is 0.333. The summed E-state index contributed by atoms with van der Waals surface area (Å²) in [5, 5.41) is 3.24. The van der Waals surface area contributed by atoms with Gasteiger partial charge in [0.1, 0.15) is 0 Å². The molecule has 1 amide bonds. The molecule has 5 heteroatoms. The Kier molecular flexibility index (Phi) is 4.57. The lowest BCUT2D eigenvalue weighted by molar-refractivity contribution is 0.0698. The summed E-state index contributed by atoms with van der Waals surface area (Å²) >= 11 is 0. The van der Waals surface area contributed by atoms with E-state index in [1.807, 2.05) is 11.9 Å². The number of benzene rings is 1. The predicted molar refractivity (Wildman–Crippen MR) is 88.7 cm³/mol. The molecule has 1 aromatic heterocycles. The van der Waals surface area contributed by atoms with Crippen molar-refractivity contribution in [2.45, 2.75) is 18.9 Å². The summed E-state index contributed by atoms with van der Waals surface area (Å²) in [6.07, 6.45) is 5.51. The third kappa shape index (κ3) is 3.35.